The molecule has 16 heavy (non-hydrogen) atoms. The Bertz CT molecular complexity index is 528. The number of carbonyl (C=O) groups is 1. The van der Waals surface area contributed by atoms with Crippen molar-refractivity contribution < 1.29 is 4.79 Å². The van der Waals surface area contributed by atoms with Crippen LogP contribution in [0.15, 0.2) is 24.3 Å². The highest BCUT2D eigenvalue weighted by atomic mass is 35.5. The predicted octanol–water partition coefficient (Wildman–Crippen LogP) is 2.03. The lowest BCUT2D eigenvalue weighted by Gasteiger charge is -2.00. The molecule has 1 aromatic carbocycles. The van der Waals surface area contributed by atoms with E-state index in [-0.39, 0.29) is 5.91 Å². The van der Waals surface area contributed by atoms with Gasteiger partial charge in [0, 0.05) is 10.6 Å². The van der Waals surface area contributed by atoms with E-state index in [1.54, 1.807) is 24.3 Å². The molecule has 0 saturated carbocycles. The topological polar surface area (TPSA) is 80.9 Å². The normalized spacial score (nSPS) is 10.1. The Morgan fingerprint density at radius 1 is 1.44 bits per heavy atom. The Morgan fingerprint density at radius 3 is 2.88 bits per heavy atom. The number of anilines is 2. The van der Waals surface area contributed by atoms with E-state index in [2.05, 4.69) is 15.5 Å². The van der Waals surface area contributed by atoms with Gasteiger partial charge in [-0.1, -0.05) is 29.0 Å². The first-order valence-corrected chi connectivity index (χ1v) is 5.50. The van der Waals surface area contributed by atoms with E-state index in [9.17, 15) is 4.79 Å². The highest BCUT2D eigenvalue weighted by Crippen LogP contribution is 2.18. The molecule has 0 atom stereocenters. The molecule has 0 aliphatic rings. The molecule has 82 valence electrons. The van der Waals surface area contributed by atoms with E-state index >= 15 is 0 Å². The summed E-state index contributed by atoms with van der Waals surface area (Å²) in [4.78, 5) is 11.7. The summed E-state index contributed by atoms with van der Waals surface area (Å²) in [5.74, 6) is -0.293. The number of hydrogen-bond donors (Lipinski definition) is 2. The van der Waals surface area contributed by atoms with Crippen LogP contribution in [-0.4, -0.2) is 16.1 Å². The van der Waals surface area contributed by atoms with Gasteiger partial charge in [0.25, 0.3) is 5.91 Å². The standard InChI is InChI=1S/C9H7ClN4OS/c10-6-3-1-2-5(4-6)7(15)12-9-14-13-8(11)16-9/h1-4H,(H2,11,13)(H,12,14,15). The molecule has 2 aromatic rings. The number of amides is 1. The number of nitrogen functional groups attached to an aromatic ring is 1. The summed E-state index contributed by atoms with van der Waals surface area (Å²) in [6.07, 6.45) is 0. The molecule has 7 heteroatoms. The maximum absolute atomic E-state index is 11.7. The minimum Gasteiger partial charge on any atom is -0.374 e. The van der Waals surface area contributed by atoms with Crippen molar-refractivity contribution in [1.29, 1.82) is 0 Å². The van der Waals surface area contributed by atoms with Crippen molar-refractivity contribution in [1.82, 2.24) is 10.2 Å². The van der Waals surface area contributed by atoms with Crippen molar-refractivity contribution in [2.75, 3.05) is 11.1 Å². The fourth-order valence-corrected chi connectivity index (χ4v) is 1.78. The second-order valence-corrected chi connectivity index (χ2v) is 4.36. The molecule has 0 aliphatic heterocycles. The minimum atomic E-state index is -0.293. The van der Waals surface area contributed by atoms with Gasteiger partial charge in [0.15, 0.2) is 0 Å². The van der Waals surface area contributed by atoms with Gasteiger partial charge in [-0.2, -0.15) is 0 Å². The second kappa shape index (κ2) is 4.46. The van der Waals surface area contributed by atoms with Gasteiger partial charge in [0.05, 0.1) is 0 Å². The summed E-state index contributed by atoms with van der Waals surface area (Å²) in [5.41, 5.74) is 5.85. The molecule has 5 nitrogen and oxygen atoms in total. The summed E-state index contributed by atoms with van der Waals surface area (Å²) in [6, 6.07) is 6.62. The highest BCUT2D eigenvalue weighted by molar-refractivity contribution is 7.19. The quantitative estimate of drug-likeness (QED) is 0.859. The number of nitrogens with zero attached hydrogens (tertiary/aromatic N) is 2. The van der Waals surface area contributed by atoms with Gasteiger partial charge in [-0.25, -0.2) is 0 Å². The van der Waals surface area contributed by atoms with E-state index in [1.807, 2.05) is 0 Å². The maximum Gasteiger partial charge on any atom is 0.257 e. The van der Waals surface area contributed by atoms with Crippen LogP contribution in [0.5, 0.6) is 0 Å². The summed E-state index contributed by atoms with van der Waals surface area (Å²) in [7, 11) is 0. The molecule has 0 unspecified atom stereocenters. The van der Waals surface area contributed by atoms with Crippen LogP contribution >= 0.6 is 22.9 Å². The number of nitrogens with one attached hydrogen (secondary N) is 1. The molecule has 1 amide bonds. The molecule has 0 fully saturated rings. The second-order valence-electron chi connectivity index (χ2n) is 2.91. The predicted molar refractivity (Wildman–Crippen MR) is 63.7 cm³/mol. The molecule has 1 aromatic heterocycles. The van der Waals surface area contributed by atoms with Crippen LogP contribution in [-0.2, 0) is 0 Å². The number of hydrogen-bond acceptors (Lipinski definition) is 5. The summed E-state index contributed by atoms with van der Waals surface area (Å²) in [5, 5.41) is 11.0. The Hall–Kier alpha value is -1.66. The minimum absolute atomic E-state index is 0.293. The lowest BCUT2D eigenvalue weighted by atomic mass is 10.2. The van der Waals surface area contributed by atoms with Crippen LogP contribution in [0.1, 0.15) is 10.4 Å². The van der Waals surface area contributed by atoms with Crippen LogP contribution in [0.25, 0.3) is 0 Å². The SMILES string of the molecule is Nc1nnc(NC(=O)c2cccc(Cl)c2)s1. The fourth-order valence-electron chi connectivity index (χ4n) is 1.08. The van der Waals surface area contributed by atoms with Gasteiger partial charge in [0.2, 0.25) is 10.3 Å². The van der Waals surface area contributed by atoms with Crippen molar-refractivity contribution in [3.05, 3.63) is 34.9 Å². The lowest BCUT2D eigenvalue weighted by molar-refractivity contribution is 0.102. The molecule has 0 radical (unpaired) electrons. The van der Waals surface area contributed by atoms with Crippen LogP contribution in [0.4, 0.5) is 10.3 Å². The zero-order valence-corrected chi connectivity index (χ0v) is 9.55. The Morgan fingerprint density at radius 2 is 2.25 bits per heavy atom. The van der Waals surface area contributed by atoms with Gasteiger partial charge in [-0.15, -0.1) is 10.2 Å². The molecule has 0 saturated heterocycles. The molecule has 0 aliphatic carbocycles. The number of halogens is 1. The van der Waals surface area contributed by atoms with Crippen molar-refractivity contribution in [3.8, 4) is 0 Å². The molecule has 3 N–H and O–H groups in total. The average Bonchev–Trinajstić information content (AvgIpc) is 2.64. The number of carbonyl (C=O) groups excluding carboxylic acids is 1. The molecule has 0 bridgehead atoms. The Kier molecular flexibility index (Phi) is 3.02. The molecular weight excluding hydrogens is 248 g/mol. The van der Waals surface area contributed by atoms with Gasteiger partial charge < -0.3 is 5.73 Å². The van der Waals surface area contributed by atoms with Gasteiger partial charge >= 0.3 is 0 Å². The third-order valence-electron chi connectivity index (χ3n) is 1.75. The zero-order chi connectivity index (χ0) is 11.5. The van der Waals surface area contributed by atoms with Crippen molar-refractivity contribution >= 4 is 39.1 Å². The Labute approximate surface area is 100 Å². The summed E-state index contributed by atoms with van der Waals surface area (Å²) in [6.45, 7) is 0. The lowest BCUT2D eigenvalue weighted by Crippen LogP contribution is -2.11. The van der Waals surface area contributed by atoms with E-state index < -0.39 is 0 Å². The molecular formula is C9H7ClN4OS. The van der Waals surface area contributed by atoms with Crippen LogP contribution < -0.4 is 11.1 Å². The van der Waals surface area contributed by atoms with Gasteiger partial charge in [-0.3, -0.25) is 10.1 Å². The number of rotatable bonds is 2. The highest BCUT2D eigenvalue weighted by Gasteiger charge is 2.09. The first kappa shape index (κ1) is 10.8. The maximum atomic E-state index is 11.7. The van der Waals surface area contributed by atoms with E-state index in [4.69, 9.17) is 17.3 Å². The van der Waals surface area contributed by atoms with Crippen molar-refractivity contribution in [3.63, 3.8) is 0 Å². The van der Waals surface area contributed by atoms with E-state index in [0.29, 0.717) is 20.8 Å². The van der Waals surface area contributed by atoms with E-state index in [0.717, 1.165) is 11.3 Å². The van der Waals surface area contributed by atoms with E-state index in [1.165, 1.54) is 0 Å². The molecule has 0 spiro atoms. The van der Waals surface area contributed by atoms with Gasteiger partial charge in [-0.05, 0) is 18.2 Å². The van der Waals surface area contributed by atoms with Crippen LogP contribution in [0.3, 0.4) is 0 Å². The number of benzene rings is 1. The smallest absolute Gasteiger partial charge is 0.257 e. The third kappa shape index (κ3) is 2.47. The molecule has 2 rings (SSSR count). The monoisotopic (exact) mass is 254 g/mol. The zero-order valence-electron chi connectivity index (χ0n) is 7.98. The van der Waals surface area contributed by atoms with Crippen LogP contribution in [0, 0.1) is 0 Å². The summed E-state index contributed by atoms with van der Waals surface area (Å²) >= 11 is 6.88. The first-order chi connectivity index (χ1) is 7.65. The molecule has 1 heterocycles. The summed E-state index contributed by atoms with van der Waals surface area (Å²) < 4.78 is 0. The average molecular weight is 255 g/mol. The fraction of sp³-hybridized carbons (Fsp3) is 0. The number of nitrogens with two attached hydrogens (primary N) is 1. The third-order valence-corrected chi connectivity index (χ3v) is 2.65. The van der Waals surface area contributed by atoms with Crippen molar-refractivity contribution in [2.45, 2.75) is 0 Å². The largest absolute Gasteiger partial charge is 0.374 e. The Balaban J connectivity index is 2.14. The van der Waals surface area contributed by atoms with Crippen LogP contribution in [0.2, 0.25) is 5.02 Å². The number of aromatic nitrogens is 2. The van der Waals surface area contributed by atoms with Gasteiger partial charge in [0.1, 0.15) is 0 Å². The first-order valence-electron chi connectivity index (χ1n) is 4.31. The van der Waals surface area contributed by atoms with Crippen molar-refractivity contribution in [2.24, 2.45) is 0 Å².